The second-order valence-electron chi connectivity index (χ2n) is 16.5. The molecule has 4 heterocycles. The molecule has 3 fully saturated rings. The Hall–Kier alpha value is -1.46. The second kappa shape index (κ2) is 16.1. The smallest absolute Gasteiger partial charge is 0.311 e. The number of methoxy groups -OCH3 is 1. The molecule has 0 saturated carbocycles. The van der Waals surface area contributed by atoms with Crippen LogP contribution in [-0.4, -0.2) is 149 Å². The fraction of sp³-hybridized carbons (Fsp3) is 0.946. The zero-order valence-corrected chi connectivity index (χ0v) is 32.9. The molecule has 4 aliphatic heterocycles. The third kappa shape index (κ3) is 8.60. The lowest BCUT2D eigenvalue weighted by Crippen LogP contribution is -2.60. The molecule has 4 rings (SSSR count). The van der Waals surface area contributed by atoms with E-state index in [9.17, 15) is 25.2 Å². The molecule has 2 bridgehead atoms. The maximum absolute atomic E-state index is 14.2. The van der Waals surface area contributed by atoms with Gasteiger partial charge in [-0.25, -0.2) is 4.99 Å². The Kier molecular flexibility index (Phi) is 13.4. The monoisotopic (exact) mass is 730 g/mol. The van der Waals surface area contributed by atoms with E-state index in [0.717, 1.165) is 0 Å². The van der Waals surface area contributed by atoms with Gasteiger partial charge in [-0.05, 0) is 75.4 Å². The van der Waals surface area contributed by atoms with E-state index < -0.39 is 96.0 Å². The van der Waals surface area contributed by atoms with E-state index in [0.29, 0.717) is 18.7 Å². The molecular weight excluding hydrogens is 664 g/mol. The van der Waals surface area contributed by atoms with Crippen LogP contribution in [0.1, 0.15) is 94.9 Å². The normalized spacial score (nSPS) is 50.3. The van der Waals surface area contributed by atoms with Gasteiger partial charge in [0, 0.05) is 37.8 Å². The van der Waals surface area contributed by atoms with Gasteiger partial charge in [0.05, 0.1) is 35.9 Å². The Morgan fingerprint density at radius 1 is 0.961 bits per heavy atom. The highest BCUT2D eigenvalue weighted by Gasteiger charge is 2.56. The fourth-order valence-electron chi connectivity index (χ4n) is 8.61. The molecule has 4 N–H and O–H groups in total. The van der Waals surface area contributed by atoms with Crippen LogP contribution in [-0.2, 0) is 38.0 Å². The summed E-state index contributed by atoms with van der Waals surface area (Å²) in [6, 6.07) is -1.04. The van der Waals surface area contributed by atoms with Crippen molar-refractivity contribution < 1.29 is 58.4 Å². The number of aliphatic imine (C=N–C) groups is 1. The topological polar surface area (TPSA) is 178 Å². The summed E-state index contributed by atoms with van der Waals surface area (Å²) < 4.78 is 44.5. The fourth-order valence-corrected chi connectivity index (χ4v) is 8.61. The van der Waals surface area contributed by atoms with Gasteiger partial charge < -0.3 is 58.5 Å². The molecule has 3 unspecified atom stereocenters. The van der Waals surface area contributed by atoms with E-state index in [1.807, 2.05) is 46.7 Å². The van der Waals surface area contributed by atoms with Crippen LogP contribution >= 0.6 is 0 Å². The van der Waals surface area contributed by atoms with Crippen LogP contribution in [0.15, 0.2) is 4.99 Å². The van der Waals surface area contributed by atoms with Gasteiger partial charge in [-0.1, -0.05) is 20.8 Å². The number of rotatable bonds is 7. The van der Waals surface area contributed by atoms with Crippen LogP contribution in [0.3, 0.4) is 0 Å². The van der Waals surface area contributed by atoms with Gasteiger partial charge in [-0.15, -0.1) is 0 Å². The van der Waals surface area contributed by atoms with Gasteiger partial charge >= 0.3 is 5.97 Å². The molecule has 3 saturated heterocycles. The number of carbonyl (C=O) groups is 1. The summed E-state index contributed by atoms with van der Waals surface area (Å²) in [5.74, 6) is -2.03. The van der Waals surface area contributed by atoms with Gasteiger partial charge in [0.15, 0.2) is 18.5 Å². The molecule has 296 valence electrons. The van der Waals surface area contributed by atoms with Gasteiger partial charge in [0.25, 0.3) is 0 Å². The highest BCUT2D eigenvalue weighted by molar-refractivity contribution is 5.81. The largest absolute Gasteiger partial charge is 0.472 e. The number of carbonyl (C=O) groups excluding carboxylic acids is 1. The van der Waals surface area contributed by atoms with Gasteiger partial charge in [0.1, 0.15) is 41.7 Å². The molecule has 0 amide bonds. The lowest BCUT2D eigenvalue weighted by atomic mass is 9.79. The Labute approximate surface area is 304 Å². The third-order valence-electron chi connectivity index (χ3n) is 11.9. The molecule has 14 nitrogen and oxygen atoms in total. The minimum atomic E-state index is -1.84. The first-order valence-corrected chi connectivity index (χ1v) is 18.7. The number of hydrogen-bond donors (Lipinski definition) is 4. The molecule has 0 aromatic carbocycles. The van der Waals surface area contributed by atoms with Crippen molar-refractivity contribution in [3.05, 3.63) is 0 Å². The molecule has 0 aromatic rings. The Morgan fingerprint density at radius 3 is 2.20 bits per heavy atom. The molecule has 14 heteroatoms. The second-order valence-corrected chi connectivity index (χ2v) is 16.5. The van der Waals surface area contributed by atoms with E-state index in [-0.39, 0.29) is 30.9 Å². The van der Waals surface area contributed by atoms with E-state index in [4.69, 9.17) is 38.2 Å². The van der Waals surface area contributed by atoms with E-state index in [1.54, 1.807) is 34.6 Å². The maximum Gasteiger partial charge on any atom is 0.311 e. The summed E-state index contributed by atoms with van der Waals surface area (Å²) in [5, 5.41) is 45.5. The van der Waals surface area contributed by atoms with Crippen molar-refractivity contribution in [3.63, 3.8) is 0 Å². The summed E-state index contributed by atoms with van der Waals surface area (Å²) >= 11 is 0. The predicted molar refractivity (Wildman–Crippen MR) is 188 cm³/mol. The van der Waals surface area contributed by atoms with Gasteiger partial charge in [-0.3, -0.25) is 4.79 Å². The van der Waals surface area contributed by atoms with Gasteiger partial charge in [0.2, 0.25) is 0 Å². The number of likely N-dealkylation sites (N-methyl/N-ethyl adjacent to an activating group) is 1. The molecule has 0 spiro atoms. The van der Waals surface area contributed by atoms with E-state index in [1.165, 1.54) is 14.0 Å². The van der Waals surface area contributed by atoms with Crippen LogP contribution < -0.4 is 0 Å². The minimum absolute atomic E-state index is 0.163. The Balaban J connectivity index is 1.85. The molecule has 51 heavy (non-hydrogen) atoms. The number of aliphatic hydroxyl groups excluding tert-OH is 3. The summed E-state index contributed by atoms with van der Waals surface area (Å²) in [6.45, 7) is 17.8. The number of esters is 1. The first kappa shape index (κ1) is 42.3. The van der Waals surface area contributed by atoms with Crippen molar-refractivity contribution in [2.45, 2.75) is 185 Å². The van der Waals surface area contributed by atoms with Crippen LogP contribution in [0.5, 0.6) is 0 Å². The third-order valence-corrected chi connectivity index (χ3v) is 11.9. The van der Waals surface area contributed by atoms with Crippen molar-refractivity contribution in [1.82, 2.24) is 4.90 Å². The van der Waals surface area contributed by atoms with Crippen LogP contribution in [0.2, 0.25) is 0 Å². The van der Waals surface area contributed by atoms with Crippen molar-refractivity contribution in [2.24, 2.45) is 22.7 Å². The predicted octanol–water partition coefficient (Wildman–Crippen LogP) is 2.41. The average molecular weight is 731 g/mol. The molecule has 0 aliphatic carbocycles. The summed E-state index contributed by atoms with van der Waals surface area (Å²) in [5.41, 5.74) is -3.91. The molecule has 4 aliphatic rings. The van der Waals surface area contributed by atoms with Crippen molar-refractivity contribution >= 4 is 11.9 Å². The van der Waals surface area contributed by atoms with Crippen molar-refractivity contribution in [3.8, 4) is 0 Å². The average Bonchev–Trinajstić information content (AvgIpc) is 3.35. The van der Waals surface area contributed by atoms with Gasteiger partial charge in [-0.2, -0.15) is 0 Å². The number of aliphatic hydroxyl groups is 4. The van der Waals surface area contributed by atoms with Crippen molar-refractivity contribution in [2.75, 3.05) is 21.2 Å². The van der Waals surface area contributed by atoms with Crippen molar-refractivity contribution in [1.29, 1.82) is 0 Å². The molecular formula is C37H66N2O12. The zero-order chi connectivity index (χ0) is 38.4. The number of cyclic esters (lactones) is 1. The quantitative estimate of drug-likeness (QED) is 0.281. The van der Waals surface area contributed by atoms with Crippen LogP contribution in [0, 0.1) is 17.8 Å². The van der Waals surface area contributed by atoms with E-state index in [2.05, 4.69) is 0 Å². The highest BCUT2D eigenvalue weighted by atomic mass is 16.7. The Bertz CT molecular complexity index is 1220. The first-order chi connectivity index (χ1) is 23.6. The number of nitrogens with zero attached hydrogens (tertiary/aromatic N) is 2. The lowest BCUT2D eigenvalue weighted by Gasteiger charge is -2.48. The molecule has 0 radical (unpaired) electrons. The highest BCUT2D eigenvalue weighted by Crippen LogP contribution is 2.44. The number of hydrogen-bond acceptors (Lipinski definition) is 14. The number of ether oxygens (including phenoxy) is 7. The summed E-state index contributed by atoms with van der Waals surface area (Å²) in [4.78, 5) is 20.9. The Morgan fingerprint density at radius 2 is 1.61 bits per heavy atom. The standard InChI is InChI=1S/C37H66N2O12/c1-14-25-37(10,44)29(41)22(6)38-32-18(2)16-36(9,51-32)31(50-34-27(40)24(39(11)12)15-19(3)46-34)20(4)28(21(5)33(43)48-25)49-26-17-35(8,45-13)30(42)23(7)47-26/h18-31,34,40-42,44H,14-17H2,1-13H3/t18-,19?,20+,21-,22-,23?,24+,25-,26+,27?,28+,29-,30+,31-,34+,35+,36-,37-/m1/s1. The zero-order valence-electron chi connectivity index (χ0n) is 32.9. The molecule has 18 atom stereocenters. The first-order valence-electron chi connectivity index (χ1n) is 18.7. The van der Waals surface area contributed by atoms with Crippen LogP contribution in [0.4, 0.5) is 0 Å². The maximum atomic E-state index is 14.2. The summed E-state index contributed by atoms with van der Waals surface area (Å²) in [7, 11) is 5.33. The lowest BCUT2D eigenvalue weighted by molar-refractivity contribution is -0.315. The van der Waals surface area contributed by atoms with E-state index >= 15 is 0 Å². The van der Waals surface area contributed by atoms with Crippen LogP contribution in [0.25, 0.3) is 0 Å². The summed E-state index contributed by atoms with van der Waals surface area (Å²) in [6.07, 6.45) is -7.53. The number of fused-ring (bicyclic) bond motifs is 2. The molecule has 0 aromatic heterocycles. The minimum Gasteiger partial charge on any atom is -0.472 e. The SMILES string of the molecule is CC[C@H]1OC(=O)[C@H](C)[C@@H](O[C@H]2C[C@](C)(OC)[C@@H](O)C(C)O2)[C@H](C)[C@@H](O[C@@H]2OC(C)C[C@H](N(C)C)C2O)[C@@]2(C)C[C@@H](C)C(=N[C@H](C)[C@@H](O)[C@]1(C)O)O2.